The highest BCUT2D eigenvalue weighted by Gasteiger charge is 2.26. The van der Waals surface area contributed by atoms with Gasteiger partial charge < -0.3 is 14.2 Å². The molecule has 0 bridgehead atoms. The maximum atomic E-state index is 5.23. The van der Waals surface area contributed by atoms with Crippen LogP contribution in [0.3, 0.4) is 0 Å². The topological polar surface area (TPSA) is 34.3 Å². The van der Waals surface area contributed by atoms with Crippen molar-refractivity contribution in [2.75, 3.05) is 26.4 Å². The summed E-state index contributed by atoms with van der Waals surface area (Å²) in [6.45, 7) is 5.55. The molecule has 2 fully saturated rings. The Hall–Kier alpha value is -2.46. The van der Waals surface area contributed by atoms with E-state index in [0.717, 1.165) is 26.4 Å². The first-order valence-electron chi connectivity index (χ1n) is 15.4. The quantitative estimate of drug-likeness (QED) is 0.129. The van der Waals surface area contributed by atoms with Crippen molar-refractivity contribution in [3.63, 3.8) is 0 Å². The standard InChI is InChI=1S/C30H38.C6H10O3/c1-2-3-4-5-6-7-8-9-10-13-22-29-25-28(26-18-14-11-15-19-26)23-24-30(29)27-20-16-12-17-21-27;1(5-3-8-5)7-2-6-4-9-6/h11-12,14-21,23-25H,2-10,13,22H2,1H3;5-6H,1-4H2. The molecule has 210 valence electrons. The summed E-state index contributed by atoms with van der Waals surface area (Å²) in [4.78, 5) is 0. The van der Waals surface area contributed by atoms with Gasteiger partial charge in [-0.15, -0.1) is 0 Å². The second-order valence-corrected chi connectivity index (χ2v) is 11.0. The monoisotopic (exact) mass is 528 g/mol. The van der Waals surface area contributed by atoms with Crippen molar-refractivity contribution in [1.82, 2.24) is 0 Å². The predicted octanol–water partition coefficient (Wildman–Crippen LogP) is 9.28. The Bertz CT molecular complexity index is 1030. The summed E-state index contributed by atoms with van der Waals surface area (Å²) in [5.74, 6) is 0. The molecular formula is C36H48O3. The van der Waals surface area contributed by atoms with Crippen LogP contribution in [0.4, 0.5) is 0 Å². The van der Waals surface area contributed by atoms with Crippen LogP contribution in [0.25, 0.3) is 22.3 Å². The minimum Gasteiger partial charge on any atom is -0.376 e. The summed E-state index contributed by atoms with van der Waals surface area (Å²) in [6.07, 6.45) is 15.8. The maximum Gasteiger partial charge on any atom is 0.104 e. The molecule has 3 aromatic rings. The molecular weight excluding hydrogens is 480 g/mol. The van der Waals surface area contributed by atoms with Crippen molar-refractivity contribution in [1.29, 1.82) is 0 Å². The number of hydrogen-bond donors (Lipinski definition) is 0. The Morgan fingerprint density at radius 3 is 1.64 bits per heavy atom. The van der Waals surface area contributed by atoms with Gasteiger partial charge in [-0.05, 0) is 40.7 Å². The molecule has 5 rings (SSSR count). The van der Waals surface area contributed by atoms with Crippen LogP contribution in [-0.2, 0) is 20.6 Å². The minimum atomic E-state index is 0.392. The highest BCUT2D eigenvalue weighted by Crippen LogP contribution is 2.30. The van der Waals surface area contributed by atoms with Crippen molar-refractivity contribution in [2.24, 2.45) is 0 Å². The van der Waals surface area contributed by atoms with E-state index in [2.05, 4.69) is 85.8 Å². The smallest absolute Gasteiger partial charge is 0.104 e. The number of epoxide rings is 2. The van der Waals surface area contributed by atoms with E-state index in [1.807, 2.05) is 0 Å². The summed E-state index contributed by atoms with van der Waals surface area (Å²) >= 11 is 0. The van der Waals surface area contributed by atoms with Gasteiger partial charge in [0.15, 0.2) is 0 Å². The third-order valence-corrected chi connectivity index (χ3v) is 7.51. The SMILES string of the molecule is C(OCC1CO1)C1CO1.CCCCCCCCCCCCc1cc(-c2ccccc2)ccc1-c1ccccc1. The van der Waals surface area contributed by atoms with Crippen molar-refractivity contribution < 1.29 is 14.2 Å². The van der Waals surface area contributed by atoms with Gasteiger partial charge in [-0.2, -0.15) is 0 Å². The molecule has 3 aromatic carbocycles. The molecule has 0 aliphatic carbocycles. The lowest BCUT2D eigenvalue weighted by Gasteiger charge is -2.13. The molecule has 0 amide bonds. The van der Waals surface area contributed by atoms with Crippen LogP contribution < -0.4 is 0 Å². The molecule has 0 saturated carbocycles. The molecule has 0 N–H and O–H groups in total. The Morgan fingerprint density at radius 1 is 0.590 bits per heavy atom. The second kappa shape index (κ2) is 17.3. The van der Waals surface area contributed by atoms with E-state index in [9.17, 15) is 0 Å². The van der Waals surface area contributed by atoms with E-state index in [0.29, 0.717) is 12.2 Å². The van der Waals surface area contributed by atoms with Crippen molar-refractivity contribution in [3.8, 4) is 22.3 Å². The maximum absolute atomic E-state index is 5.23. The Balaban J connectivity index is 0.000000327. The van der Waals surface area contributed by atoms with Gasteiger partial charge in [-0.1, -0.05) is 144 Å². The number of ether oxygens (including phenoxy) is 3. The lowest BCUT2D eigenvalue weighted by molar-refractivity contribution is 0.102. The average Bonchev–Trinajstić information content (AvgIpc) is 3.92. The van der Waals surface area contributed by atoms with Crippen LogP contribution >= 0.6 is 0 Å². The zero-order valence-electron chi connectivity index (χ0n) is 24.0. The fraction of sp³-hybridized carbons (Fsp3) is 0.500. The second-order valence-electron chi connectivity index (χ2n) is 11.0. The van der Waals surface area contributed by atoms with Gasteiger partial charge in [0.1, 0.15) is 12.2 Å². The van der Waals surface area contributed by atoms with E-state index in [1.54, 1.807) is 0 Å². The van der Waals surface area contributed by atoms with Gasteiger partial charge in [0.2, 0.25) is 0 Å². The van der Waals surface area contributed by atoms with Gasteiger partial charge in [0.25, 0.3) is 0 Å². The third kappa shape index (κ3) is 11.7. The molecule has 2 aliphatic rings. The minimum absolute atomic E-state index is 0.392. The summed E-state index contributed by atoms with van der Waals surface area (Å²) in [7, 11) is 0. The Morgan fingerprint density at radius 2 is 1.10 bits per heavy atom. The number of rotatable bonds is 17. The molecule has 0 aromatic heterocycles. The van der Waals surface area contributed by atoms with Crippen molar-refractivity contribution in [3.05, 3.63) is 84.4 Å². The largest absolute Gasteiger partial charge is 0.376 e. The summed E-state index contributed by atoms with van der Waals surface area (Å²) < 4.78 is 15.1. The summed E-state index contributed by atoms with van der Waals surface area (Å²) in [5.41, 5.74) is 6.85. The van der Waals surface area contributed by atoms with Gasteiger partial charge in [0, 0.05) is 0 Å². The summed E-state index contributed by atoms with van der Waals surface area (Å²) in [5, 5.41) is 0. The van der Waals surface area contributed by atoms with Crippen LogP contribution in [0, 0.1) is 0 Å². The first-order valence-corrected chi connectivity index (χ1v) is 15.4. The van der Waals surface area contributed by atoms with Crippen LogP contribution in [0.5, 0.6) is 0 Å². The molecule has 3 heteroatoms. The zero-order valence-corrected chi connectivity index (χ0v) is 24.0. The van der Waals surface area contributed by atoms with Gasteiger partial charge in [-0.25, -0.2) is 0 Å². The van der Waals surface area contributed by atoms with E-state index in [1.165, 1.54) is 98.4 Å². The number of unbranched alkanes of at least 4 members (excludes halogenated alkanes) is 9. The van der Waals surface area contributed by atoms with E-state index in [4.69, 9.17) is 14.2 Å². The van der Waals surface area contributed by atoms with Crippen LogP contribution in [0.1, 0.15) is 76.7 Å². The molecule has 2 unspecified atom stereocenters. The van der Waals surface area contributed by atoms with E-state index >= 15 is 0 Å². The van der Waals surface area contributed by atoms with Crippen molar-refractivity contribution in [2.45, 2.75) is 89.8 Å². The first-order chi connectivity index (χ1) is 19.3. The van der Waals surface area contributed by atoms with Crippen LogP contribution in [0.15, 0.2) is 78.9 Å². The predicted molar refractivity (Wildman–Crippen MR) is 163 cm³/mol. The van der Waals surface area contributed by atoms with Gasteiger partial charge in [0.05, 0.1) is 26.4 Å². The molecule has 2 aliphatic heterocycles. The van der Waals surface area contributed by atoms with Crippen molar-refractivity contribution >= 4 is 0 Å². The lowest BCUT2D eigenvalue weighted by atomic mass is 9.92. The van der Waals surface area contributed by atoms with Gasteiger partial charge in [-0.3, -0.25) is 0 Å². The zero-order chi connectivity index (χ0) is 27.0. The normalized spacial score (nSPS) is 17.4. The molecule has 0 radical (unpaired) electrons. The lowest BCUT2D eigenvalue weighted by Crippen LogP contribution is -2.06. The summed E-state index contributed by atoms with van der Waals surface area (Å²) in [6, 6.07) is 28.6. The van der Waals surface area contributed by atoms with Gasteiger partial charge >= 0.3 is 0 Å². The Kier molecular flexibility index (Phi) is 13.1. The Labute approximate surface area is 236 Å². The third-order valence-electron chi connectivity index (χ3n) is 7.51. The van der Waals surface area contributed by atoms with Crippen LogP contribution in [0.2, 0.25) is 0 Å². The number of hydrogen-bond acceptors (Lipinski definition) is 3. The molecule has 39 heavy (non-hydrogen) atoms. The first kappa shape index (κ1) is 29.5. The van der Waals surface area contributed by atoms with E-state index < -0.39 is 0 Å². The fourth-order valence-electron chi connectivity index (χ4n) is 4.97. The number of aryl methyl sites for hydroxylation is 1. The highest BCUT2D eigenvalue weighted by molar-refractivity contribution is 5.73. The number of benzene rings is 3. The molecule has 3 nitrogen and oxygen atoms in total. The highest BCUT2D eigenvalue weighted by atomic mass is 16.6. The fourth-order valence-corrected chi connectivity index (χ4v) is 4.97. The average molecular weight is 529 g/mol. The molecule has 0 spiro atoms. The van der Waals surface area contributed by atoms with Crippen LogP contribution in [-0.4, -0.2) is 38.6 Å². The molecule has 2 heterocycles. The molecule has 2 saturated heterocycles. The van der Waals surface area contributed by atoms with E-state index in [-0.39, 0.29) is 0 Å². The molecule has 2 atom stereocenters.